The van der Waals surface area contributed by atoms with E-state index in [9.17, 15) is 0 Å². The number of anilines is 1. The first-order valence-corrected chi connectivity index (χ1v) is 7.07. The average molecular weight is 286 g/mol. The topological polar surface area (TPSA) is 56.2 Å². The lowest BCUT2D eigenvalue weighted by Gasteiger charge is -2.03. The van der Waals surface area contributed by atoms with Crippen LogP contribution in [0.5, 0.6) is 0 Å². The minimum absolute atomic E-state index is 0.592. The molecule has 4 nitrogen and oxygen atoms in total. The van der Waals surface area contributed by atoms with Gasteiger partial charge in [-0.1, -0.05) is 60.7 Å². The maximum absolute atomic E-state index is 5.84. The fourth-order valence-corrected chi connectivity index (χ4v) is 2.62. The highest BCUT2D eigenvalue weighted by Crippen LogP contribution is 2.34. The zero-order valence-corrected chi connectivity index (χ0v) is 11.8. The van der Waals surface area contributed by atoms with Crippen molar-refractivity contribution >= 4 is 11.3 Å². The number of hydrogen-bond acceptors (Lipinski definition) is 3. The van der Waals surface area contributed by atoms with Crippen molar-refractivity contribution in [1.82, 2.24) is 14.6 Å². The number of rotatable bonds is 2. The second-order valence-electron chi connectivity index (χ2n) is 5.11. The Kier molecular flexibility index (Phi) is 2.86. The molecule has 0 aliphatic carbocycles. The van der Waals surface area contributed by atoms with E-state index in [1.807, 2.05) is 36.4 Å². The molecule has 4 rings (SSSR count). The Balaban J connectivity index is 2.07. The second kappa shape index (κ2) is 5.00. The summed E-state index contributed by atoms with van der Waals surface area (Å²) < 4.78 is 1.75. The summed E-state index contributed by atoms with van der Waals surface area (Å²) in [5.74, 6) is 0. The quantitative estimate of drug-likeness (QED) is 0.612. The summed E-state index contributed by atoms with van der Waals surface area (Å²) in [5.41, 5.74) is 11.3. The Hall–Kier alpha value is -3.14. The van der Waals surface area contributed by atoms with Crippen LogP contribution in [0.3, 0.4) is 0 Å². The molecule has 2 aromatic carbocycles. The molecule has 0 radical (unpaired) electrons. The molecule has 0 unspecified atom stereocenters. The summed E-state index contributed by atoms with van der Waals surface area (Å²) in [6, 6.07) is 20.3. The average Bonchev–Trinajstić information content (AvgIpc) is 2.95. The predicted octanol–water partition coefficient (Wildman–Crippen LogP) is 3.65. The van der Waals surface area contributed by atoms with Crippen molar-refractivity contribution < 1.29 is 0 Å². The molecular weight excluding hydrogens is 272 g/mol. The van der Waals surface area contributed by atoms with E-state index >= 15 is 0 Å². The molecular formula is C18H14N4. The van der Waals surface area contributed by atoms with Crippen molar-refractivity contribution in [2.24, 2.45) is 0 Å². The zero-order valence-electron chi connectivity index (χ0n) is 11.8. The number of nitrogen functional groups attached to an aromatic ring is 1. The highest BCUT2D eigenvalue weighted by molar-refractivity contribution is 5.90. The molecule has 0 aliphatic heterocycles. The number of nitrogens with two attached hydrogens (primary N) is 1. The van der Waals surface area contributed by atoms with Crippen molar-refractivity contribution in [2.75, 3.05) is 5.73 Å². The number of nitrogens with zero attached hydrogens (tertiary/aromatic N) is 3. The largest absolute Gasteiger partial charge is 0.396 e. The number of benzene rings is 2. The van der Waals surface area contributed by atoms with E-state index in [0.29, 0.717) is 5.69 Å². The zero-order chi connectivity index (χ0) is 14.9. The van der Waals surface area contributed by atoms with Crippen molar-refractivity contribution in [3.8, 4) is 22.4 Å². The van der Waals surface area contributed by atoms with Crippen LogP contribution in [0.4, 0.5) is 5.69 Å². The molecule has 106 valence electrons. The third-order valence-corrected chi connectivity index (χ3v) is 3.60. The van der Waals surface area contributed by atoms with Gasteiger partial charge in [0.05, 0.1) is 23.6 Å². The van der Waals surface area contributed by atoms with Crippen LogP contribution in [-0.2, 0) is 0 Å². The van der Waals surface area contributed by atoms with Crippen molar-refractivity contribution in [2.45, 2.75) is 0 Å². The van der Waals surface area contributed by atoms with Crippen LogP contribution in [0, 0.1) is 0 Å². The Morgan fingerprint density at radius 3 is 2.14 bits per heavy atom. The van der Waals surface area contributed by atoms with Crippen LogP contribution >= 0.6 is 0 Å². The molecule has 22 heavy (non-hydrogen) atoms. The molecule has 0 fully saturated rings. The van der Waals surface area contributed by atoms with Crippen LogP contribution in [0.1, 0.15) is 0 Å². The fourth-order valence-electron chi connectivity index (χ4n) is 2.62. The first-order valence-electron chi connectivity index (χ1n) is 7.07. The minimum Gasteiger partial charge on any atom is -0.396 e. The molecule has 0 atom stereocenters. The smallest absolute Gasteiger partial charge is 0.163 e. The van der Waals surface area contributed by atoms with Crippen LogP contribution < -0.4 is 5.73 Å². The van der Waals surface area contributed by atoms with Crippen LogP contribution in [0.25, 0.3) is 28.0 Å². The lowest BCUT2D eigenvalue weighted by Crippen LogP contribution is -1.94. The van der Waals surface area contributed by atoms with Gasteiger partial charge in [0.25, 0.3) is 0 Å². The Bertz CT molecular complexity index is 927. The maximum Gasteiger partial charge on any atom is 0.163 e. The van der Waals surface area contributed by atoms with Gasteiger partial charge in [0.1, 0.15) is 5.69 Å². The summed E-state index contributed by atoms with van der Waals surface area (Å²) in [5, 5.41) is 4.69. The van der Waals surface area contributed by atoms with Gasteiger partial charge in [0, 0.05) is 5.56 Å². The standard InChI is InChI=1S/C18H14N4/c19-15-11-20-18-16(13-7-3-1-4-8-13)17(21-22(18)12-15)14-9-5-2-6-10-14/h1-12H,19H2. The van der Waals surface area contributed by atoms with Gasteiger partial charge in [-0.15, -0.1) is 0 Å². The third-order valence-electron chi connectivity index (χ3n) is 3.60. The first kappa shape index (κ1) is 12.6. The Morgan fingerprint density at radius 2 is 1.45 bits per heavy atom. The van der Waals surface area contributed by atoms with Gasteiger partial charge in [-0.25, -0.2) is 9.50 Å². The molecule has 0 saturated carbocycles. The van der Waals surface area contributed by atoms with E-state index in [-0.39, 0.29) is 0 Å². The van der Waals surface area contributed by atoms with Gasteiger partial charge < -0.3 is 5.73 Å². The van der Waals surface area contributed by atoms with Crippen molar-refractivity contribution in [3.63, 3.8) is 0 Å². The van der Waals surface area contributed by atoms with E-state index in [0.717, 1.165) is 28.0 Å². The molecule has 0 bridgehead atoms. The second-order valence-corrected chi connectivity index (χ2v) is 5.11. The van der Waals surface area contributed by atoms with Crippen LogP contribution in [-0.4, -0.2) is 14.6 Å². The SMILES string of the molecule is Nc1cnc2c(-c3ccccc3)c(-c3ccccc3)nn2c1. The summed E-state index contributed by atoms with van der Waals surface area (Å²) >= 11 is 0. The summed E-state index contributed by atoms with van der Waals surface area (Å²) in [6.45, 7) is 0. The van der Waals surface area contributed by atoms with Gasteiger partial charge in [-0.3, -0.25) is 0 Å². The molecule has 0 aliphatic rings. The molecule has 2 heterocycles. The van der Waals surface area contributed by atoms with Gasteiger partial charge in [-0.05, 0) is 5.56 Å². The fraction of sp³-hybridized carbons (Fsp3) is 0. The summed E-state index contributed by atoms with van der Waals surface area (Å²) in [6.07, 6.45) is 3.46. The van der Waals surface area contributed by atoms with Crippen LogP contribution in [0.15, 0.2) is 73.1 Å². The molecule has 4 heteroatoms. The van der Waals surface area contributed by atoms with Crippen LogP contribution in [0.2, 0.25) is 0 Å². The normalized spacial score (nSPS) is 10.9. The monoisotopic (exact) mass is 286 g/mol. The van der Waals surface area contributed by atoms with Gasteiger partial charge in [0.15, 0.2) is 5.65 Å². The van der Waals surface area contributed by atoms with Crippen molar-refractivity contribution in [1.29, 1.82) is 0 Å². The van der Waals surface area contributed by atoms with E-state index in [4.69, 9.17) is 10.8 Å². The predicted molar refractivity (Wildman–Crippen MR) is 88.3 cm³/mol. The third kappa shape index (κ3) is 2.02. The molecule has 2 aromatic heterocycles. The molecule has 2 N–H and O–H groups in total. The maximum atomic E-state index is 5.84. The number of hydrogen-bond donors (Lipinski definition) is 1. The summed E-state index contributed by atoms with van der Waals surface area (Å²) in [4.78, 5) is 4.48. The lowest BCUT2D eigenvalue weighted by atomic mass is 10.0. The number of fused-ring (bicyclic) bond motifs is 1. The Labute approximate surface area is 127 Å². The Morgan fingerprint density at radius 1 is 0.818 bits per heavy atom. The minimum atomic E-state index is 0.592. The first-order chi connectivity index (χ1) is 10.8. The van der Waals surface area contributed by atoms with E-state index < -0.39 is 0 Å². The van der Waals surface area contributed by atoms with Gasteiger partial charge in [-0.2, -0.15) is 5.10 Å². The highest BCUT2D eigenvalue weighted by Gasteiger charge is 2.17. The lowest BCUT2D eigenvalue weighted by molar-refractivity contribution is 0.946. The molecule has 0 spiro atoms. The van der Waals surface area contributed by atoms with E-state index in [1.165, 1.54) is 0 Å². The van der Waals surface area contributed by atoms with Gasteiger partial charge >= 0.3 is 0 Å². The molecule has 4 aromatic rings. The molecule has 0 amide bonds. The van der Waals surface area contributed by atoms with Gasteiger partial charge in [0.2, 0.25) is 0 Å². The number of aromatic nitrogens is 3. The highest BCUT2D eigenvalue weighted by atomic mass is 15.3. The van der Waals surface area contributed by atoms with E-state index in [2.05, 4.69) is 29.2 Å². The van der Waals surface area contributed by atoms with E-state index in [1.54, 1.807) is 16.9 Å². The molecule has 0 saturated heterocycles. The van der Waals surface area contributed by atoms with Crippen molar-refractivity contribution in [3.05, 3.63) is 73.1 Å². The summed E-state index contributed by atoms with van der Waals surface area (Å²) in [7, 11) is 0.